The van der Waals surface area contributed by atoms with Crippen molar-refractivity contribution < 1.29 is 31.8 Å². The first-order valence-corrected chi connectivity index (χ1v) is 14.6. The number of unbranched alkanes of at least 4 members (excludes halogenated alkanes) is 1. The van der Waals surface area contributed by atoms with Crippen molar-refractivity contribution >= 4 is 33.4 Å². The van der Waals surface area contributed by atoms with E-state index in [-0.39, 0.29) is 29.3 Å². The molecule has 1 saturated heterocycles. The molecule has 0 radical (unpaired) electrons. The Balaban J connectivity index is 2.09. The van der Waals surface area contributed by atoms with Crippen molar-refractivity contribution in [2.45, 2.75) is 67.8 Å². The van der Waals surface area contributed by atoms with Gasteiger partial charge < -0.3 is 19.1 Å². The van der Waals surface area contributed by atoms with E-state index >= 15 is 0 Å². The molecule has 0 N–H and O–H groups in total. The molecule has 0 amide bonds. The lowest BCUT2D eigenvalue weighted by Gasteiger charge is -2.37. The molecule has 3 rings (SSSR count). The molecule has 196 valence electrons. The van der Waals surface area contributed by atoms with E-state index in [4.69, 9.17) is 9.47 Å². The van der Waals surface area contributed by atoms with Crippen LogP contribution in [0.3, 0.4) is 0 Å². The zero-order valence-corrected chi connectivity index (χ0v) is 22.4. The summed E-state index contributed by atoms with van der Waals surface area (Å²) in [5, 5.41) is 0. The van der Waals surface area contributed by atoms with Crippen molar-refractivity contribution in [2.75, 3.05) is 44.6 Å². The maximum atomic E-state index is 14.1. The molecule has 2 heterocycles. The van der Waals surface area contributed by atoms with Gasteiger partial charge >= 0.3 is 5.97 Å². The summed E-state index contributed by atoms with van der Waals surface area (Å²) in [7, 11) is -2.25. The minimum atomic E-state index is -3.86. The molecule has 0 aliphatic carbocycles. The minimum absolute atomic E-state index is 0.0273. The van der Waals surface area contributed by atoms with Gasteiger partial charge in [0, 0.05) is 32.3 Å². The molecule has 1 fully saturated rings. The van der Waals surface area contributed by atoms with Crippen molar-refractivity contribution in [1.82, 2.24) is 4.31 Å². The van der Waals surface area contributed by atoms with Gasteiger partial charge in [-0.25, -0.2) is 13.2 Å². The zero-order chi connectivity index (χ0) is 25.6. The maximum Gasteiger partial charge on any atom is 0.370 e. The molecule has 8 nitrogen and oxygen atoms in total. The van der Waals surface area contributed by atoms with Crippen molar-refractivity contribution in [3.8, 4) is 5.75 Å². The molecule has 11 heteroatoms. The normalized spacial score (nSPS) is 22.9. The Bertz CT molecular complexity index is 1030. The van der Waals surface area contributed by atoms with Gasteiger partial charge in [0.15, 0.2) is 0 Å². The minimum Gasteiger partial charge on any atom is -0.461 e. The van der Waals surface area contributed by atoms with Crippen LogP contribution in [-0.2, 0) is 24.3 Å². The van der Waals surface area contributed by atoms with Crippen LogP contribution in [0.15, 0.2) is 34.0 Å². The summed E-state index contributed by atoms with van der Waals surface area (Å²) in [5.41, 5.74) is 0.595. The third kappa shape index (κ3) is 6.31. The number of sulfonamides is 1. The van der Waals surface area contributed by atoms with E-state index in [1.807, 2.05) is 6.26 Å². The SMILES string of the molecule is CCCCC1CN(C2CCCOC2)c2cc(SC)c(O/C=C(\F)C(=O)OCC)cc2S(=O)(=O)N1C. The van der Waals surface area contributed by atoms with Gasteiger partial charge in [0.25, 0.3) is 0 Å². The lowest BCUT2D eigenvalue weighted by Crippen LogP contribution is -2.47. The summed E-state index contributed by atoms with van der Waals surface area (Å²) >= 11 is 1.35. The highest BCUT2D eigenvalue weighted by molar-refractivity contribution is 7.98. The van der Waals surface area contributed by atoms with Crippen LogP contribution in [0, 0.1) is 0 Å². The Morgan fingerprint density at radius 3 is 2.74 bits per heavy atom. The summed E-state index contributed by atoms with van der Waals surface area (Å²) in [6.07, 6.45) is 6.93. The first-order valence-electron chi connectivity index (χ1n) is 12.0. The number of carbonyl (C=O) groups is 1. The molecule has 2 atom stereocenters. The van der Waals surface area contributed by atoms with Crippen LogP contribution in [0.25, 0.3) is 0 Å². The fraction of sp³-hybridized carbons (Fsp3) is 0.625. The van der Waals surface area contributed by atoms with Crippen LogP contribution in [0.2, 0.25) is 0 Å². The number of halogens is 1. The largest absolute Gasteiger partial charge is 0.461 e. The van der Waals surface area contributed by atoms with Gasteiger partial charge in [-0.15, -0.1) is 11.8 Å². The highest BCUT2D eigenvalue weighted by atomic mass is 32.2. The molecule has 0 bridgehead atoms. The van der Waals surface area contributed by atoms with Gasteiger partial charge in [0.1, 0.15) is 16.9 Å². The van der Waals surface area contributed by atoms with Crippen molar-refractivity contribution in [3.63, 3.8) is 0 Å². The van der Waals surface area contributed by atoms with Crippen LogP contribution in [0.1, 0.15) is 46.0 Å². The predicted octanol–water partition coefficient (Wildman–Crippen LogP) is 4.34. The highest BCUT2D eigenvalue weighted by Crippen LogP contribution is 2.42. The number of likely N-dealkylation sites (N-methyl/N-ethyl adjacent to an activating group) is 1. The molecule has 2 aliphatic rings. The van der Waals surface area contributed by atoms with E-state index in [1.54, 1.807) is 20.0 Å². The van der Waals surface area contributed by atoms with E-state index in [0.29, 0.717) is 36.6 Å². The molecule has 2 aliphatic heterocycles. The number of benzene rings is 1. The number of carbonyl (C=O) groups excluding carboxylic acids is 1. The van der Waals surface area contributed by atoms with Gasteiger partial charge in [0.2, 0.25) is 15.9 Å². The summed E-state index contributed by atoms with van der Waals surface area (Å²) in [4.78, 5) is 14.5. The molecule has 0 spiro atoms. The predicted molar refractivity (Wildman–Crippen MR) is 134 cm³/mol. The maximum absolute atomic E-state index is 14.1. The average Bonchev–Trinajstić information content (AvgIpc) is 2.94. The van der Waals surface area contributed by atoms with Crippen LogP contribution < -0.4 is 9.64 Å². The number of anilines is 1. The lowest BCUT2D eigenvalue weighted by atomic mass is 10.0. The molecule has 0 aromatic heterocycles. The van der Waals surface area contributed by atoms with E-state index < -0.39 is 21.8 Å². The summed E-state index contributed by atoms with van der Waals surface area (Å²) in [6, 6.07) is 3.07. The van der Waals surface area contributed by atoms with Gasteiger partial charge in [-0.05, 0) is 38.5 Å². The summed E-state index contributed by atoms with van der Waals surface area (Å²) in [6.45, 7) is 5.48. The fourth-order valence-corrected chi connectivity index (χ4v) is 6.51. The summed E-state index contributed by atoms with van der Waals surface area (Å²) < 4.78 is 58.9. The van der Waals surface area contributed by atoms with E-state index in [2.05, 4.69) is 16.6 Å². The quantitative estimate of drug-likeness (QED) is 0.202. The summed E-state index contributed by atoms with van der Waals surface area (Å²) in [5.74, 6) is -2.18. The van der Waals surface area contributed by atoms with Gasteiger partial charge in [-0.3, -0.25) is 0 Å². The molecule has 1 aromatic rings. The Morgan fingerprint density at radius 1 is 1.34 bits per heavy atom. The highest BCUT2D eigenvalue weighted by Gasteiger charge is 2.39. The number of esters is 1. The Morgan fingerprint density at radius 2 is 2.11 bits per heavy atom. The molecule has 1 aromatic carbocycles. The monoisotopic (exact) mass is 530 g/mol. The van der Waals surface area contributed by atoms with Gasteiger partial charge in [-0.2, -0.15) is 8.70 Å². The number of hydrogen-bond donors (Lipinski definition) is 0. The zero-order valence-electron chi connectivity index (χ0n) is 20.8. The van der Waals surface area contributed by atoms with Gasteiger partial charge in [-0.1, -0.05) is 19.8 Å². The molecule has 0 saturated carbocycles. The Labute approximate surface area is 211 Å². The first kappa shape index (κ1) is 27.8. The first-order chi connectivity index (χ1) is 16.7. The van der Waals surface area contributed by atoms with E-state index in [0.717, 1.165) is 32.1 Å². The fourth-order valence-electron chi connectivity index (χ4n) is 4.40. The number of rotatable bonds is 9. The third-order valence-corrected chi connectivity index (χ3v) is 9.06. The van der Waals surface area contributed by atoms with Crippen molar-refractivity contribution in [2.24, 2.45) is 0 Å². The molecule has 2 unspecified atom stereocenters. The van der Waals surface area contributed by atoms with Gasteiger partial charge in [0.05, 0.1) is 29.8 Å². The van der Waals surface area contributed by atoms with Crippen LogP contribution in [0.5, 0.6) is 5.75 Å². The molecular weight excluding hydrogens is 495 g/mol. The number of ether oxygens (including phenoxy) is 3. The topological polar surface area (TPSA) is 85.4 Å². The van der Waals surface area contributed by atoms with Crippen LogP contribution in [0.4, 0.5) is 10.1 Å². The average molecular weight is 531 g/mol. The third-order valence-electron chi connectivity index (χ3n) is 6.36. The van der Waals surface area contributed by atoms with Crippen LogP contribution >= 0.6 is 11.8 Å². The number of thioether (sulfide) groups is 1. The second-order valence-corrected chi connectivity index (χ2v) is 11.4. The Kier molecular flexibility index (Phi) is 9.86. The molecule has 35 heavy (non-hydrogen) atoms. The second kappa shape index (κ2) is 12.4. The van der Waals surface area contributed by atoms with Crippen molar-refractivity contribution in [3.05, 3.63) is 24.2 Å². The molecular formula is C24H35FN2O6S2. The number of nitrogens with zero attached hydrogens (tertiary/aromatic N) is 2. The van der Waals surface area contributed by atoms with Crippen LogP contribution in [-0.4, -0.2) is 70.4 Å². The Hall–Kier alpha value is -1.82. The standard InChI is InChI=1S/C24H35FN2O6S2/c1-5-7-9-17-14-27(18-10-8-11-31-15-18)20-12-22(34-4)21(13-23(20)35(29,30)26(17)3)33-16-19(25)24(28)32-6-2/h12-13,16-18H,5-11,14-15H2,1-4H3/b19-16-. The van der Waals surface area contributed by atoms with E-state index in [1.165, 1.54) is 22.1 Å². The number of fused-ring (bicyclic) bond motifs is 1. The smallest absolute Gasteiger partial charge is 0.370 e. The number of hydrogen-bond acceptors (Lipinski definition) is 8. The van der Waals surface area contributed by atoms with Crippen molar-refractivity contribution in [1.29, 1.82) is 0 Å². The van der Waals surface area contributed by atoms with E-state index in [9.17, 15) is 17.6 Å². The second-order valence-electron chi connectivity index (χ2n) is 8.62. The lowest BCUT2D eigenvalue weighted by molar-refractivity contribution is -0.140.